The molecule has 1 aliphatic heterocycles. The van der Waals surface area contributed by atoms with Gasteiger partial charge in [0.15, 0.2) is 5.82 Å². The highest BCUT2D eigenvalue weighted by Gasteiger charge is 2.29. The highest BCUT2D eigenvalue weighted by molar-refractivity contribution is 5.60. The summed E-state index contributed by atoms with van der Waals surface area (Å²) in [6, 6.07) is 3.66. The number of aryl methyl sites for hydroxylation is 1. The zero-order valence-corrected chi connectivity index (χ0v) is 13.0. The summed E-state index contributed by atoms with van der Waals surface area (Å²) in [4.78, 5) is 15.0. The molecule has 2 aromatic rings. The molecule has 0 N–H and O–H groups in total. The Morgan fingerprint density at radius 2 is 1.96 bits per heavy atom. The molecule has 7 heteroatoms. The molecule has 2 aromatic heterocycles. The fourth-order valence-corrected chi connectivity index (χ4v) is 2.57. The summed E-state index contributed by atoms with van der Waals surface area (Å²) in [6.45, 7) is 4.74. The van der Waals surface area contributed by atoms with E-state index in [9.17, 15) is 8.78 Å². The summed E-state index contributed by atoms with van der Waals surface area (Å²) < 4.78 is 31.0. The molecule has 0 aliphatic carbocycles. The zero-order valence-electron chi connectivity index (χ0n) is 13.0. The minimum absolute atomic E-state index is 0.130. The zero-order chi connectivity index (χ0) is 16.4. The maximum Gasteiger partial charge on any atom is 0.266 e. The van der Waals surface area contributed by atoms with Crippen molar-refractivity contribution in [2.75, 3.05) is 24.6 Å². The van der Waals surface area contributed by atoms with E-state index in [0.29, 0.717) is 18.2 Å². The van der Waals surface area contributed by atoms with Gasteiger partial charge >= 0.3 is 0 Å². The number of hydrogen-bond donors (Lipinski definition) is 0. The van der Waals surface area contributed by atoms with Crippen molar-refractivity contribution in [1.82, 2.24) is 15.0 Å². The van der Waals surface area contributed by atoms with Gasteiger partial charge in [0.2, 0.25) is 0 Å². The monoisotopic (exact) mass is 320 g/mol. The van der Waals surface area contributed by atoms with Crippen LogP contribution in [0.1, 0.15) is 11.3 Å². The molecule has 3 rings (SSSR count). The smallest absolute Gasteiger partial charge is 0.266 e. The van der Waals surface area contributed by atoms with E-state index in [0.717, 1.165) is 16.8 Å². The van der Waals surface area contributed by atoms with E-state index in [2.05, 4.69) is 15.0 Å². The molecular weight excluding hydrogens is 302 g/mol. The minimum atomic E-state index is -2.50. The average molecular weight is 320 g/mol. The van der Waals surface area contributed by atoms with Crippen molar-refractivity contribution < 1.29 is 13.5 Å². The van der Waals surface area contributed by atoms with Crippen LogP contribution in [-0.4, -0.2) is 47.2 Å². The van der Waals surface area contributed by atoms with E-state index >= 15 is 0 Å². The number of hydrogen-bond acceptors (Lipinski definition) is 5. The highest BCUT2D eigenvalue weighted by atomic mass is 19.3. The van der Waals surface area contributed by atoms with Gasteiger partial charge in [0.1, 0.15) is 11.9 Å². The van der Waals surface area contributed by atoms with Crippen LogP contribution in [0.3, 0.4) is 0 Å². The molecule has 5 nitrogen and oxygen atoms in total. The van der Waals surface area contributed by atoms with E-state index in [4.69, 9.17) is 4.74 Å². The second kappa shape index (κ2) is 6.54. The van der Waals surface area contributed by atoms with Gasteiger partial charge in [-0.05, 0) is 26.0 Å². The quantitative estimate of drug-likeness (QED) is 0.870. The molecule has 0 unspecified atom stereocenters. The third-order valence-corrected chi connectivity index (χ3v) is 3.98. The number of morpholine rings is 1. The second-order valence-corrected chi connectivity index (χ2v) is 5.51. The maximum atomic E-state index is 12.9. The minimum Gasteiger partial charge on any atom is -0.369 e. The fraction of sp³-hybridized carbons (Fsp3) is 0.438. The molecule has 1 atom stereocenters. The van der Waals surface area contributed by atoms with Crippen molar-refractivity contribution >= 4 is 5.82 Å². The third kappa shape index (κ3) is 3.29. The molecule has 122 valence electrons. The maximum absolute atomic E-state index is 12.9. The van der Waals surface area contributed by atoms with E-state index in [1.807, 2.05) is 30.9 Å². The Morgan fingerprint density at radius 3 is 2.65 bits per heavy atom. The summed E-state index contributed by atoms with van der Waals surface area (Å²) >= 11 is 0. The van der Waals surface area contributed by atoms with Crippen LogP contribution in [0.4, 0.5) is 14.6 Å². The largest absolute Gasteiger partial charge is 0.369 e. The molecule has 0 spiro atoms. The molecule has 0 aromatic carbocycles. The lowest BCUT2D eigenvalue weighted by Gasteiger charge is -2.34. The van der Waals surface area contributed by atoms with Gasteiger partial charge in [-0.2, -0.15) is 0 Å². The lowest BCUT2D eigenvalue weighted by molar-refractivity contribution is -0.0616. The molecule has 0 bridgehead atoms. The normalized spacial score (nSPS) is 18.5. The number of halogens is 2. The van der Waals surface area contributed by atoms with Gasteiger partial charge in [0.25, 0.3) is 6.43 Å². The number of nitrogens with zero attached hydrogens (tertiary/aromatic N) is 4. The van der Waals surface area contributed by atoms with Crippen molar-refractivity contribution in [3.8, 4) is 11.4 Å². The summed E-state index contributed by atoms with van der Waals surface area (Å²) in [7, 11) is 0. The van der Waals surface area contributed by atoms with Crippen LogP contribution in [-0.2, 0) is 4.74 Å². The summed E-state index contributed by atoms with van der Waals surface area (Å²) in [5, 5.41) is 0. The fourth-order valence-electron chi connectivity index (χ4n) is 2.57. The number of ether oxygens (including phenoxy) is 1. The van der Waals surface area contributed by atoms with Gasteiger partial charge in [-0.3, -0.25) is 4.98 Å². The number of aromatic nitrogens is 3. The molecule has 1 aliphatic rings. The van der Waals surface area contributed by atoms with Crippen LogP contribution in [0.2, 0.25) is 0 Å². The number of rotatable bonds is 3. The Balaban J connectivity index is 1.97. The molecule has 0 amide bonds. The molecular formula is C16H18F2N4O. The SMILES string of the molecule is Cc1nc(-c2ccncc2)nc(N2CCO[C@H](C(F)F)C2)c1C. The van der Waals surface area contributed by atoms with Crippen molar-refractivity contribution in [1.29, 1.82) is 0 Å². The standard InChI is InChI=1S/C16H18F2N4O/c1-10-11(2)20-15(12-3-5-19-6-4-12)21-16(10)22-7-8-23-13(9-22)14(17)18/h3-6,13-14H,7-9H2,1-2H3/t13-/m0/s1. The second-order valence-electron chi connectivity index (χ2n) is 5.51. The first-order valence-corrected chi connectivity index (χ1v) is 7.46. The van der Waals surface area contributed by atoms with Gasteiger partial charge in [0.05, 0.1) is 13.2 Å². The van der Waals surface area contributed by atoms with Gasteiger partial charge < -0.3 is 9.64 Å². The van der Waals surface area contributed by atoms with Gasteiger partial charge in [-0.15, -0.1) is 0 Å². The van der Waals surface area contributed by atoms with Crippen LogP contribution < -0.4 is 4.90 Å². The molecule has 3 heterocycles. The van der Waals surface area contributed by atoms with Crippen LogP contribution in [0.5, 0.6) is 0 Å². The van der Waals surface area contributed by atoms with Crippen molar-refractivity contribution in [2.24, 2.45) is 0 Å². The van der Waals surface area contributed by atoms with E-state index in [1.165, 1.54) is 0 Å². The Hall–Kier alpha value is -2.15. The first-order valence-electron chi connectivity index (χ1n) is 7.46. The topological polar surface area (TPSA) is 51.1 Å². The molecule has 23 heavy (non-hydrogen) atoms. The summed E-state index contributed by atoms with van der Waals surface area (Å²) in [5.74, 6) is 1.27. The van der Waals surface area contributed by atoms with E-state index in [1.54, 1.807) is 12.4 Å². The third-order valence-electron chi connectivity index (χ3n) is 3.98. The molecule has 0 saturated carbocycles. The van der Waals surface area contributed by atoms with Gasteiger partial charge in [0, 0.05) is 35.8 Å². The van der Waals surface area contributed by atoms with Crippen LogP contribution in [0.15, 0.2) is 24.5 Å². The predicted molar refractivity (Wildman–Crippen MR) is 82.7 cm³/mol. The summed E-state index contributed by atoms with van der Waals surface area (Å²) in [6.07, 6.45) is -0.229. The van der Waals surface area contributed by atoms with Gasteiger partial charge in [-0.25, -0.2) is 18.7 Å². The summed E-state index contributed by atoms with van der Waals surface area (Å²) in [5.41, 5.74) is 2.59. The van der Waals surface area contributed by atoms with Crippen molar-refractivity contribution in [2.45, 2.75) is 26.4 Å². The predicted octanol–water partition coefficient (Wildman–Crippen LogP) is 2.63. The Morgan fingerprint density at radius 1 is 1.22 bits per heavy atom. The Labute approximate surface area is 133 Å². The molecule has 0 radical (unpaired) electrons. The Bertz CT molecular complexity index is 681. The number of pyridine rings is 1. The van der Waals surface area contributed by atoms with Crippen LogP contribution in [0, 0.1) is 13.8 Å². The van der Waals surface area contributed by atoms with Crippen LogP contribution >= 0.6 is 0 Å². The van der Waals surface area contributed by atoms with E-state index < -0.39 is 12.5 Å². The number of alkyl halides is 2. The van der Waals surface area contributed by atoms with Crippen molar-refractivity contribution in [3.05, 3.63) is 35.8 Å². The van der Waals surface area contributed by atoms with Crippen LogP contribution in [0.25, 0.3) is 11.4 Å². The molecule has 1 saturated heterocycles. The lowest BCUT2D eigenvalue weighted by atomic mass is 10.2. The first kappa shape index (κ1) is 15.7. The average Bonchev–Trinajstić information content (AvgIpc) is 2.58. The van der Waals surface area contributed by atoms with E-state index in [-0.39, 0.29) is 13.2 Å². The lowest BCUT2D eigenvalue weighted by Crippen LogP contribution is -2.46. The number of anilines is 1. The molecule has 1 fully saturated rings. The highest BCUT2D eigenvalue weighted by Crippen LogP contribution is 2.26. The Kier molecular flexibility index (Phi) is 4.47. The first-order chi connectivity index (χ1) is 11.1. The van der Waals surface area contributed by atoms with Crippen molar-refractivity contribution in [3.63, 3.8) is 0 Å². The van der Waals surface area contributed by atoms with Gasteiger partial charge in [-0.1, -0.05) is 0 Å².